The molecular weight excluding hydrogens is 276 g/mol. The van der Waals surface area contributed by atoms with Gasteiger partial charge >= 0.3 is 5.97 Å². The number of benzene rings is 2. The second-order valence-electron chi connectivity index (χ2n) is 4.11. The van der Waals surface area contributed by atoms with Gasteiger partial charge in [-0.2, -0.15) is 0 Å². The summed E-state index contributed by atoms with van der Waals surface area (Å²) in [5.41, 5.74) is -0.446. The lowest BCUT2D eigenvalue weighted by Gasteiger charge is -2.07. The van der Waals surface area contributed by atoms with E-state index in [1.807, 2.05) is 0 Å². The number of para-hydroxylation sites is 1. The van der Waals surface area contributed by atoms with Crippen LogP contribution in [0.15, 0.2) is 48.5 Å². The lowest BCUT2D eigenvalue weighted by molar-refractivity contribution is -0.384. The number of nitrogens with zero attached hydrogens (tertiary/aromatic N) is 1. The van der Waals surface area contributed by atoms with Crippen molar-refractivity contribution in [2.75, 3.05) is 5.32 Å². The highest BCUT2D eigenvalue weighted by molar-refractivity contribution is 6.11. The molecule has 0 atom stereocenters. The fourth-order valence-corrected chi connectivity index (χ4v) is 1.74. The number of carboxylic acids is 1. The smallest absolute Gasteiger partial charge is 0.336 e. The van der Waals surface area contributed by atoms with Crippen LogP contribution in [-0.2, 0) is 0 Å². The summed E-state index contributed by atoms with van der Waals surface area (Å²) in [5.74, 6) is -2.05. The Kier molecular flexibility index (Phi) is 3.94. The Bertz CT molecular complexity index is 713. The topological polar surface area (TPSA) is 110 Å². The number of nitrogens with one attached hydrogen (secondary N) is 1. The van der Waals surface area contributed by atoms with Crippen molar-refractivity contribution < 1.29 is 19.6 Å². The van der Waals surface area contributed by atoms with Gasteiger partial charge < -0.3 is 10.4 Å². The molecule has 0 aliphatic carbocycles. The predicted octanol–water partition coefficient (Wildman–Crippen LogP) is 2.55. The summed E-state index contributed by atoms with van der Waals surface area (Å²) < 4.78 is 0. The van der Waals surface area contributed by atoms with E-state index in [-0.39, 0.29) is 16.8 Å². The second kappa shape index (κ2) is 5.83. The zero-order valence-electron chi connectivity index (χ0n) is 10.6. The molecule has 0 aliphatic rings. The van der Waals surface area contributed by atoms with Gasteiger partial charge in [-0.25, -0.2) is 4.79 Å². The number of non-ortho nitro benzene ring substituents is 1. The van der Waals surface area contributed by atoms with Crippen LogP contribution in [0, 0.1) is 10.1 Å². The van der Waals surface area contributed by atoms with Crippen LogP contribution in [0.3, 0.4) is 0 Å². The van der Waals surface area contributed by atoms with Crippen molar-refractivity contribution in [2.24, 2.45) is 0 Å². The Morgan fingerprint density at radius 1 is 1.05 bits per heavy atom. The molecule has 21 heavy (non-hydrogen) atoms. The number of carbonyl (C=O) groups is 2. The van der Waals surface area contributed by atoms with Gasteiger partial charge in [0, 0.05) is 17.8 Å². The molecule has 0 heterocycles. The first-order valence-corrected chi connectivity index (χ1v) is 5.87. The number of anilines is 1. The van der Waals surface area contributed by atoms with Crippen molar-refractivity contribution in [3.05, 3.63) is 69.8 Å². The fourth-order valence-electron chi connectivity index (χ4n) is 1.74. The average molecular weight is 286 g/mol. The van der Waals surface area contributed by atoms with Gasteiger partial charge in [-0.05, 0) is 18.2 Å². The molecule has 0 bridgehead atoms. The zero-order valence-corrected chi connectivity index (χ0v) is 10.6. The maximum absolute atomic E-state index is 12.1. The van der Waals surface area contributed by atoms with Crippen LogP contribution >= 0.6 is 0 Å². The summed E-state index contributed by atoms with van der Waals surface area (Å²) in [6, 6.07) is 11.4. The highest BCUT2D eigenvalue weighted by atomic mass is 16.6. The minimum absolute atomic E-state index is 0.263. The molecule has 0 saturated carbocycles. The van der Waals surface area contributed by atoms with Crippen LogP contribution in [0.1, 0.15) is 20.7 Å². The summed E-state index contributed by atoms with van der Waals surface area (Å²) >= 11 is 0. The average Bonchev–Trinajstić information content (AvgIpc) is 2.47. The number of nitro benzene ring substituents is 1. The molecule has 0 radical (unpaired) electrons. The van der Waals surface area contributed by atoms with E-state index in [1.165, 1.54) is 0 Å². The predicted molar refractivity (Wildman–Crippen MR) is 74.5 cm³/mol. The van der Waals surface area contributed by atoms with Gasteiger partial charge in [0.1, 0.15) is 0 Å². The summed E-state index contributed by atoms with van der Waals surface area (Å²) in [6.45, 7) is 0. The van der Waals surface area contributed by atoms with Crippen LogP contribution < -0.4 is 5.32 Å². The minimum Gasteiger partial charge on any atom is -0.478 e. The monoisotopic (exact) mass is 286 g/mol. The fraction of sp³-hybridized carbons (Fsp3) is 0. The normalized spacial score (nSPS) is 9.90. The summed E-state index contributed by atoms with van der Waals surface area (Å²) in [4.78, 5) is 33.3. The summed E-state index contributed by atoms with van der Waals surface area (Å²) in [6.07, 6.45) is 0. The Labute approximate surface area is 119 Å². The van der Waals surface area contributed by atoms with E-state index in [0.717, 1.165) is 18.2 Å². The molecule has 0 aromatic heterocycles. The maximum Gasteiger partial charge on any atom is 0.336 e. The standard InChI is InChI=1S/C14H10N2O5/c17-13(15-9-4-2-1-3-5-9)12-8-10(16(20)21)6-7-11(12)14(18)19/h1-8H,(H,15,17)(H,18,19). The molecule has 0 fully saturated rings. The third-order valence-electron chi connectivity index (χ3n) is 2.72. The van der Waals surface area contributed by atoms with Crippen molar-refractivity contribution in [1.29, 1.82) is 0 Å². The largest absolute Gasteiger partial charge is 0.478 e. The van der Waals surface area contributed by atoms with Crippen LogP contribution in [0.4, 0.5) is 11.4 Å². The SMILES string of the molecule is O=C(O)c1ccc([N+](=O)[O-])cc1C(=O)Nc1ccccc1. The number of aromatic carboxylic acids is 1. The molecule has 0 unspecified atom stereocenters. The lowest BCUT2D eigenvalue weighted by atomic mass is 10.1. The molecule has 2 N–H and O–H groups in total. The quantitative estimate of drug-likeness (QED) is 0.663. The van der Waals surface area contributed by atoms with Gasteiger partial charge in [0.25, 0.3) is 11.6 Å². The number of hydrogen-bond donors (Lipinski definition) is 2. The van der Waals surface area contributed by atoms with Crippen LogP contribution in [0.2, 0.25) is 0 Å². The van der Waals surface area contributed by atoms with Crippen molar-refractivity contribution >= 4 is 23.3 Å². The third kappa shape index (κ3) is 3.21. The number of amides is 1. The molecule has 2 aromatic carbocycles. The van der Waals surface area contributed by atoms with Crippen LogP contribution in [0.25, 0.3) is 0 Å². The number of carboxylic acid groups (broad SMARTS) is 1. The van der Waals surface area contributed by atoms with Crippen molar-refractivity contribution in [3.63, 3.8) is 0 Å². The van der Waals surface area contributed by atoms with Gasteiger partial charge in [0.2, 0.25) is 0 Å². The van der Waals surface area contributed by atoms with E-state index in [4.69, 9.17) is 5.11 Å². The minimum atomic E-state index is -1.33. The molecule has 1 amide bonds. The maximum atomic E-state index is 12.1. The number of carbonyl (C=O) groups excluding carboxylic acids is 1. The summed E-state index contributed by atoms with van der Waals surface area (Å²) in [5, 5.41) is 22.3. The summed E-state index contributed by atoms with van der Waals surface area (Å²) in [7, 11) is 0. The van der Waals surface area contributed by atoms with Gasteiger partial charge in [-0.15, -0.1) is 0 Å². The Morgan fingerprint density at radius 3 is 2.29 bits per heavy atom. The number of hydrogen-bond acceptors (Lipinski definition) is 4. The molecule has 106 valence electrons. The number of rotatable bonds is 4. The molecule has 7 nitrogen and oxygen atoms in total. The van der Waals surface area contributed by atoms with E-state index in [0.29, 0.717) is 5.69 Å². The molecule has 2 rings (SSSR count). The van der Waals surface area contributed by atoms with Gasteiger partial charge in [-0.1, -0.05) is 18.2 Å². The first kappa shape index (κ1) is 14.2. The molecule has 0 spiro atoms. The van der Waals surface area contributed by atoms with Crippen LogP contribution in [0.5, 0.6) is 0 Å². The van der Waals surface area contributed by atoms with E-state index in [9.17, 15) is 19.7 Å². The van der Waals surface area contributed by atoms with Crippen LogP contribution in [-0.4, -0.2) is 21.9 Å². The van der Waals surface area contributed by atoms with Gasteiger partial charge in [-0.3, -0.25) is 14.9 Å². The van der Waals surface area contributed by atoms with E-state index in [2.05, 4.69) is 5.32 Å². The first-order chi connectivity index (χ1) is 9.99. The zero-order chi connectivity index (χ0) is 15.4. The Morgan fingerprint density at radius 2 is 1.71 bits per heavy atom. The van der Waals surface area contributed by atoms with Gasteiger partial charge in [0.15, 0.2) is 0 Å². The lowest BCUT2D eigenvalue weighted by Crippen LogP contribution is -2.16. The molecule has 2 aromatic rings. The molecule has 7 heteroatoms. The molecular formula is C14H10N2O5. The van der Waals surface area contributed by atoms with E-state index < -0.39 is 16.8 Å². The first-order valence-electron chi connectivity index (χ1n) is 5.87. The Hall–Kier alpha value is -3.22. The van der Waals surface area contributed by atoms with E-state index >= 15 is 0 Å². The Balaban J connectivity index is 2.40. The highest BCUT2D eigenvalue weighted by Gasteiger charge is 2.20. The van der Waals surface area contributed by atoms with Gasteiger partial charge in [0.05, 0.1) is 16.1 Å². The van der Waals surface area contributed by atoms with E-state index in [1.54, 1.807) is 30.3 Å². The number of nitro groups is 1. The van der Waals surface area contributed by atoms with Crippen molar-refractivity contribution in [1.82, 2.24) is 0 Å². The van der Waals surface area contributed by atoms with Crippen molar-refractivity contribution in [2.45, 2.75) is 0 Å². The second-order valence-corrected chi connectivity index (χ2v) is 4.11. The van der Waals surface area contributed by atoms with Crippen molar-refractivity contribution in [3.8, 4) is 0 Å². The molecule has 0 saturated heterocycles. The molecule has 0 aliphatic heterocycles. The third-order valence-corrected chi connectivity index (χ3v) is 2.72. The highest BCUT2D eigenvalue weighted by Crippen LogP contribution is 2.19.